The molecule has 1 aliphatic heterocycles. The average Bonchev–Trinajstić information content (AvgIpc) is 2.28. The molecule has 0 spiro atoms. The topological polar surface area (TPSA) is 12.4 Å². The van der Waals surface area contributed by atoms with Gasteiger partial charge in [0.05, 0.1) is 0 Å². The van der Waals surface area contributed by atoms with E-state index in [0.29, 0.717) is 11.8 Å². The zero-order valence-corrected chi connectivity index (χ0v) is 8.81. The van der Waals surface area contributed by atoms with E-state index in [0.717, 1.165) is 6.42 Å². The molecule has 0 N–H and O–H groups in total. The summed E-state index contributed by atoms with van der Waals surface area (Å²) in [6.07, 6.45) is 1.09. The van der Waals surface area contributed by atoms with Crippen molar-refractivity contribution in [3.63, 3.8) is 0 Å². The number of aliphatic imine (C=N–C) groups is 1. The van der Waals surface area contributed by atoms with E-state index in [2.05, 4.69) is 39.6 Å². The highest BCUT2D eigenvalue weighted by Gasteiger charge is 2.19. The molecule has 0 bridgehead atoms. The number of rotatable bonds is 2. The lowest BCUT2D eigenvalue weighted by Crippen LogP contribution is -2.05. The molecule has 1 heterocycles. The maximum atomic E-state index is 4.59. The lowest BCUT2D eigenvalue weighted by Gasteiger charge is -2.15. The first-order valence-electron chi connectivity index (χ1n) is 4.76. The van der Waals surface area contributed by atoms with Crippen LogP contribution in [0, 0.1) is 11.8 Å². The van der Waals surface area contributed by atoms with Gasteiger partial charge in [0.1, 0.15) is 0 Å². The summed E-state index contributed by atoms with van der Waals surface area (Å²) >= 11 is 0. The van der Waals surface area contributed by atoms with Gasteiger partial charge in [0.25, 0.3) is 0 Å². The summed E-state index contributed by atoms with van der Waals surface area (Å²) in [4.78, 5) is 4.59. The van der Waals surface area contributed by atoms with E-state index in [1.165, 1.54) is 17.0 Å². The predicted octanol–water partition coefficient (Wildman–Crippen LogP) is 3.42. The Balaban J connectivity index is 2.80. The van der Waals surface area contributed by atoms with Gasteiger partial charge >= 0.3 is 0 Å². The van der Waals surface area contributed by atoms with Crippen molar-refractivity contribution in [2.24, 2.45) is 16.8 Å². The van der Waals surface area contributed by atoms with Crippen LogP contribution in [0.15, 0.2) is 16.3 Å². The van der Waals surface area contributed by atoms with Crippen LogP contribution >= 0.6 is 0 Å². The normalized spacial score (nSPS) is 20.3. The molecular weight excluding hydrogens is 146 g/mol. The van der Waals surface area contributed by atoms with Crippen molar-refractivity contribution < 1.29 is 0 Å². The van der Waals surface area contributed by atoms with Crippen LogP contribution in [-0.2, 0) is 0 Å². The van der Waals surface area contributed by atoms with Gasteiger partial charge < -0.3 is 0 Å². The summed E-state index contributed by atoms with van der Waals surface area (Å²) in [5, 5.41) is 0. The Labute approximate surface area is 75.6 Å². The van der Waals surface area contributed by atoms with Crippen molar-refractivity contribution >= 4 is 5.71 Å². The van der Waals surface area contributed by atoms with Gasteiger partial charge in [0.15, 0.2) is 0 Å². The fourth-order valence-corrected chi connectivity index (χ4v) is 1.62. The molecule has 0 aromatic carbocycles. The Kier molecular flexibility index (Phi) is 2.71. The minimum absolute atomic E-state index is 0.613. The molecule has 12 heavy (non-hydrogen) atoms. The number of hydrogen-bond acceptors (Lipinski definition) is 1. The van der Waals surface area contributed by atoms with Crippen LogP contribution in [-0.4, -0.2) is 5.71 Å². The molecule has 0 radical (unpaired) electrons. The molecule has 0 aliphatic carbocycles. The minimum atomic E-state index is 0.613. The molecule has 1 aliphatic rings. The van der Waals surface area contributed by atoms with Gasteiger partial charge in [-0.25, -0.2) is 0 Å². The van der Waals surface area contributed by atoms with Gasteiger partial charge in [-0.2, -0.15) is 0 Å². The molecule has 1 unspecified atom stereocenters. The summed E-state index contributed by atoms with van der Waals surface area (Å²) in [6.45, 7) is 11.1. The lowest BCUT2D eigenvalue weighted by molar-refractivity contribution is 0.475. The molecule has 0 aromatic heterocycles. The van der Waals surface area contributed by atoms with Crippen molar-refractivity contribution in [2.75, 3.05) is 0 Å². The smallest absolute Gasteiger partial charge is 0.0426 e. The molecular formula is C11H19N. The van der Waals surface area contributed by atoms with Gasteiger partial charge in [-0.05, 0) is 25.3 Å². The number of hydrogen-bond donors (Lipinski definition) is 0. The third kappa shape index (κ3) is 1.77. The van der Waals surface area contributed by atoms with E-state index < -0.39 is 0 Å². The van der Waals surface area contributed by atoms with E-state index in [4.69, 9.17) is 0 Å². The summed E-state index contributed by atoms with van der Waals surface area (Å²) in [7, 11) is 0. The second-order valence-corrected chi connectivity index (χ2v) is 4.22. The molecule has 0 saturated heterocycles. The minimum Gasteiger partial charge on any atom is -0.262 e. The van der Waals surface area contributed by atoms with E-state index in [9.17, 15) is 0 Å². The van der Waals surface area contributed by atoms with Gasteiger partial charge in [0, 0.05) is 23.7 Å². The molecule has 68 valence electrons. The fraction of sp³-hybridized carbons (Fsp3) is 0.727. The Bertz CT molecular complexity index is 233. The summed E-state index contributed by atoms with van der Waals surface area (Å²) in [5.41, 5.74) is 4.08. The van der Waals surface area contributed by atoms with Crippen LogP contribution in [0.2, 0.25) is 0 Å². The molecule has 1 nitrogen and oxygen atoms in total. The first-order valence-corrected chi connectivity index (χ1v) is 4.76. The maximum Gasteiger partial charge on any atom is 0.0426 e. The molecule has 0 aromatic rings. The van der Waals surface area contributed by atoms with Gasteiger partial charge in [-0.3, -0.25) is 4.99 Å². The Morgan fingerprint density at radius 3 is 2.08 bits per heavy atom. The first-order chi connectivity index (χ1) is 5.52. The third-order valence-corrected chi connectivity index (χ3v) is 2.70. The van der Waals surface area contributed by atoms with Crippen molar-refractivity contribution in [3.05, 3.63) is 11.3 Å². The van der Waals surface area contributed by atoms with Crippen LogP contribution in [0.1, 0.15) is 41.0 Å². The van der Waals surface area contributed by atoms with Crippen molar-refractivity contribution in [1.29, 1.82) is 0 Å². The standard InChI is InChI=1S/C11H19N/c1-7(2)10(5)11-8(3)6-9(4)12-11/h7,10H,6H2,1-5H3. The van der Waals surface area contributed by atoms with Gasteiger partial charge in [0.2, 0.25) is 0 Å². The molecule has 0 fully saturated rings. The summed E-state index contributed by atoms with van der Waals surface area (Å²) in [5.74, 6) is 1.31. The van der Waals surface area contributed by atoms with E-state index >= 15 is 0 Å². The number of allylic oxidation sites excluding steroid dienone is 2. The second-order valence-electron chi connectivity index (χ2n) is 4.22. The van der Waals surface area contributed by atoms with E-state index in [1.54, 1.807) is 0 Å². The predicted molar refractivity (Wildman–Crippen MR) is 54.4 cm³/mol. The highest BCUT2D eigenvalue weighted by molar-refractivity contribution is 5.87. The second kappa shape index (κ2) is 3.42. The van der Waals surface area contributed by atoms with Crippen molar-refractivity contribution in [3.8, 4) is 0 Å². The Morgan fingerprint density at radius 1 is 1.17 bits per heavy atom. The molecule has 1 atom stereocenters. The quantitative estimate of drug-likeness (QED) is 0.594. The zero-order valence-electron chi connectivity index (χ0n) is 8.81. The highest BCUT2D eigenvalue weighted by atomic mass is 14.8. The van der Waals surface area contributed by atoms with E-state index in [1.807, 2.05) is 0 Å². The third-order valence-electron chi connectivity index (χ3n) is 2.70. The van der Waals surface area contributed by atoms with Crippen LogP contribution < -0.4 is 0 Å². The van der Waals surface area contributed by atoms with Gasteiger partial charge in [-0.15, -0.1) is 0 Å². The van der Waals surface area contributed by atoms with Crippen LogP contribution in [0.25, 0.3) is 0 Å². The van der Waals surface area contributed by atoms with Gasteiger partial charge in [-0.1, -0.05) is 20.8 Å². The molecule has 0 amide bonds. The molecule has 1 rings (SSSR count). The first kappa shape index (κ1) is 9.50. The fourth-order valence-electron chi connectivity index (χ4n) is 1.62. The average molecular weight is 165 g/mol. The maximum absolute atomic E-state index is 4.59. The van der Waals surface area contributed by atoms with Crippen molar-refractivity contribution in [1.82, 2.24) is 0 Å². The Morgan fingerprint density at radius 2 is 1.75 bits per heavy atom. The van der Waals surface area contributed by atoms with Crippen LogP contribution in [0.5, 0.6) is 0 Å². The molecule has 1 heteroatoms. The van der Waals surface area contributed by atoms with Crippen LogP contribution in [0.3, 0.4) is 0 Å². The number of nitrogens with zero attached hydrogens (tertiary/aromatic N) is 1. The lowest BCUT2D eigenvalue weighted by atomic mass is 9.92. The largest absolute Gasteiger partial charge is 0.262 e. The Hall–Kier alpha value is -0.590. The van der Waals surface area contributed by atoms with Crippen molar-refractivity contribution in [2.45, 2.75) is 41.0 Å². The van der Waals surface area contributed by atoms with E-state index in [-0.39, 0.29) is 0 Å². The summed E-state index contributed by atoms with van der Waals surface area (Å²) < 4.78 is 0. The highest BCUT2D eigenvalue weighted by Crippen LogP contribution is 2.29. The zero-order chi connectivity index (χ0) is 9.30. The summed E-state index contributed by atoms with van der Waals surface area (Å²) in [6, 6.07) is 0. The van der Waals surface area contributed by atoms with Crippen LogP contribution in [0.4, 0.5) is 0 Å². The molecule has 0 saturated carbocycles. The SMILES string of the molecule is CC1=NC(C(C)C(C)C)=C(C)C1. The monoisotopic (exact) mass is 165 g/mol.